The van der Waals surface area contributed by atoms with E-state index in [0.29, 0.717) is 6.42 Å². The molecule has 0 radical (unpaired) electrons. The number of benzene rings is 2. The molecule has 2 aromatic rings. The number of hydroxylamine groups is 1. The van der Waals surface area contributed by atoms with Gasteiger partial charge in [-0.25, -0.2) is 4.79 Å². The SMILES string of the molecule is CC(C)(C)OC(=O)[C@@H](N)Cc1ccc(O)cc1.CN(C)C(=O)ON[C@@H](Cc1ccccc1)C(=O)O. The second kappa shape index (κ2) is 13.9. The van der Waals surface area contributed by atoms with Crippen LogP contribution in [0.4, 0.5) is 4.79 Å². The van der Waals surface area contributed by atoms with E-state index < -0.39 is 35.7 Å². The lowest BCUT2D eigenvalue weighted by Crippen LogP contribution is -2.41. The fourth-order valence-electron chi connectivity index (χ4n) is 2.59. The summed E-state index contributed by atoms with van der Waals surface area (Å²) in [7, 11) is 3.02. The zero-order valence-electron chi connectivity index (χ0n) is 20.7. The summed E-state index contributed by atoms with van der Waals surface area (Å²) in [5.74, 6) is -1.30. The lowest BCUT2D eigenvalue weighted by atomic mass is 10.1. The predicted molar refractivity (Wildman–Crippen MR) is 131 cm³/mol. The number of aromatic hydroxyl groups is 1. The smallest absolute Gasteiger partial charge is 0.428 e. The van der Waals surface area contributed by atoms with Crippen LogP contribution < -0.4 is 11.2 Å². The van der Waals surface area contributed by atoms with Gasteiger partial charge in [0, 0.05) is 20.5 Å². The highest BCUT2D eigenvalue weighted by molar-refractivity contribution is 5.76. The fourth-order valence-corrected chi connectivity index (χ4v) is 2.59. The number of ether oxygens (including phenoxy) is 1. The quantitative estimate of drug-likeness (QED) is 0.324. The lowest BCUT2D eigenvalue weighted by Gasteiger charge is -2.22. The van der Waals surface area contributed by atoms with Crippen LogP contribution in [-0.2, 0) is 32.0 Å². The summed E-state index contributed by atoms with van der Waals surface area (Å²) < 4.78 is 5.18. The number of nitrogens with two attached hydrogens (primary N) is 1. The van der Waals surface area contributed by atoms with E-state index in [2.05, 4.69) is 10.3 Å². The maximum absolute atomic E-state index is 11.6. The first-order chi connectivity index (χ1) is 16.3. The Bertz CT molecular complexity index is 942. The first-order valence-corrected chi connectivity index (χ1v) is 10.9. The Morgan fingerprint density at radius 3 is 2.00 bits per heavy atom. The number of phenols is 1. The Balaban J connectivity index is 0.000000351. The summed E-state index contributed by atoms with van der Waals surface area (Å²) in [6, 6.07) is 14.1. The van der Waals surface area contributed by atoms with Gasteiger partial charge >= 0.3 is 18.0 Å². The van der Waals surface area contributed by atoms with Crippen LogP contribution in [0.5, 0.6) is 5.75 Å². The molecule has 0 aliphatic carbocycles. The van der Waals surface area contributed by atoms with Crippen molar-refractivity contribution in [3.8, 4) is 5.75 Å². The molecule has 0 spiro atoms. The van der Waals surface area contributed by atoms with Crippen molar-refractivity contribution in [1.82, 2.24) is 10.4 Å². The van der Waals surface area contributed by atoms with Gasteiger partial charge in [0.15, 0.2) is 0 Å². The number of carbonyl (C=O) groups is 3. The molecule has 0 heterocycles. The first kappa shape index (κ1) is 29.4. The number of esters is 1. The van der Waals surface area contributed by atoms with Crippen LogP contribution >= 0.6 is 0 Å². The molecule has 2 rings (SSSR count). The van der Waals surface area contributed by atoms with Gasteiger partial charge in [0.25, 0.3) is 0 Å². The molecule has 0 aliphatic heterocycles. The Morgan fingerprint density at radius 1 is 0.971 bits per heavy atom. The number of hydrogen-bond donors (Lipinski definition) is 4. The summed E-state index contributed by atoms with van der Waals surface area (Å²) in [6.45, 7) is 5.41. The molecule has 0 aliphatic rings. The van der Waals surface area contributed by atoms with Crippen molar-refractivity contribution >= 4 is 18.0 Å². The standard InChI is InChI=1S/C13H19NO3.C12H16N2O4/c1-13(2,3)17-12(16)11(14)8-9-4-6-10(15)7-5-9;1-14(2)12(17)18-13-10(11(15)16)8-9-6-4-3-5-7-9/h4-7,11,15H,8,14H2,1-3H3;3-7,10,13H,8H2,1-2H3,(H,15,16)/t11-;10-/m00/s1. The first-order valence-electron chi connectivity index (χ1n) is 10.9. The molecule has 10 heteroatoms. The van der Waals surface area contributed by atoms with Gasteiger partial charge in [-0.3, -0.25) is 9.59 Å². The van der Waals surface area contributed by atoms with Crippen LogP contribution in [0, 0.1) is 0 Å². The van der Waals surface area contributed by atoms with Gasteiger partial charge in [0.1, 0.15) is 23.4 Å². The highest BCUT2D eigenvalue weighted by atomic mass is 16.7. The number of hydrogen-bond acceptors (Lipinski definition) is 8. The van der Waals surface area contributed by atoms with Gasteiger partial charge in [0.2, 0.25) is 0 Å². The number of nitrogens with one attached hydrogen (secondary N) is 1. The van der Waals surface area contributed by atoms with Gasteiger partial charge in [-0.15, -0.1) is 5.48 Å². The zero-order valence-corrected chi connectivity index (χ0v) is 20.7. The summed E-state index contributed by atoms with van der Waals surface area (Å²) in [6.07, 6.45) is -0.0131. The molecule has 1 amide bonds. The van der Waals surface area contributed by atoms with Crippen molar-refractivity contribution in [2.24, 2.45) is 5.73 Å². The third kappa shape index (κ3) is 12.4. The number of carboxylic acid groups (broad SMARTS) is 1. The van der Waals surface area contributed by atoms with Crippen LogP contribution in [-0.4, -0.2) is 64.9 Å². The van der Waals surface area contributed by atoms with E-state index in [1.807, 2.05) is 30.3 Å². The van der Waals surface area contributed by atoms with Crippen molar-refractivity contribution < 1.29 is 34.2 Å². The van der Waals surface area contributed by atoms with Gasteiger partial charge in [-0.2, -0.15) is 0 Å². The molecule has 0 saturated heterocycles. The molecule has 0 unspecified atom stereocenters. The maximum atomic E-state index is 11.6. The number of carboxylic acids is 1. The number of amides is 1. The van der Waals surface area contributed by atoms with Crippen LogP contribution in [0.2, 0.25) is 0 Å². The van der Waals surface area contributed by atoms with Gasteiger partial charge in [-0.1, -0.05) is 42.5 Å². The second-order valence-corrected chi connectivity index (χ2v) is 8.97. The van der Waals surface area contributed by atoms with E-state index in [4.69, 9.17) is 20.7 Å². The Labute approximate surface area is 205 Å². The van der Waals surface area contributed by atoms with Gasteiger partial charge in [0.05, 0.1) is 0 Å². The van der Waals surface area contributed by atoms with E-state index in [-0.39, 0.29) is 12.2 Å². The minimum absolute atomic E-state index is 0.194. The number of carbonyl (C=O) groups excluding carboxylic acids is 2. The topological polar surface area (TPSA) is 151 Å². The average molecular weight is 490 g/mol. The molecule has 0 aromatic heterocycles. The molecule has 0 fully saturated rings. The van der Waals surface area contributed by atoms with Gasteiger partial charge in [-0.05, 0) is 50.5 Å². The van der Waals surface area contributed by atoms with Crippen LogP contribution in [0.3, 0.4) is 0 Å². The monoisotopic (exact) mass is 489 g/mol. The molecule has 0 bridgehead atoms. The third-order valence-corrected chi connectivity index (χ3v) is 4.34. The molecular formula is C25H35N3O7. The van der Waals surface area contributed by atoms with E-state index >= 15 is 0 Å². The number of phenolic OH excluding ortho intramolecular Hbond substituents is 1. The molecule has 2 atom stereocenters. The van der Waals surface area contributed by atoms with Crippen molar-refractivity contribution in [1.29, 1.82) is 0 Å². The van der Waals surface area contributed by atoms with E-state index in [9.17, 15) is 14.4 Å². The van der Waals surface area contributed by atoms with E-state index in [1.54, 1.807) is 45.0 Å². The second-order valence-electron chi connectivity index (χ2n) is 8.97. The molecule has 35 heavy (non-hydrogen) atoms. The molecule has 2 aromatic carbocycles. The van der Waals surface area contributed by atoms with Crippen molar-refractivity contribution in [3.05, 3.63) is 65.7 Å². The Hall–Kier alpha value is -3.63. The molecule has 10 nitrogen and oxygen atoms in total. The Kier molecular flexibility index (Phi) is 11.7. The molecule has 5 N–H and O–H groups in total. The molecule has 0 saturated carbocycles. The van der Waals surface area contributed by atoms with Crippen LogP contribution in [0.15, 0.2) is 54.6 Å². The normalized spacial score (nSPS) is 12.4. The summed E-state index contributed by atoms with van der Waals surface area (Å²) in [5, 5.41) is 18.1. The highest BCUT2D eigenvalue weighted by Crippen LogP contribution is 2.13. The minimum atomic E-state index is -1.08. The molecule has 192 valence electrons. The van der Waals surface area contributed by atoms with Gasteiger partial charge < -0.3 is 30.4 Å². The van der Waals surface area contributed by atoms with Crippen LogP contribution in [0.1, 0.15) is 31.9 Å². The van der Waals surface area contributed by atoms with Crippen molar-refractivity contribution in [2.75, 3.05) is 14.1 Å². The summed E-state index contributed by atoms with van der Waals surface area (Å²) >= 11 is 0. The fraction of sp³-hybridized carbons (Fsp3) is 0.400. The number of aliphatic carboxylic acids is 1. The molecular weight excluding hydrogens is 454 g/mol. The lowest BCUT2D eigenvalue weighted by molar-refractivity contribution is -0.156. The summed E-state index contributed by atoms with van der Waals surface area (Å²) in [4.78, 5) is 39.7. The predicted octanol–water partition coefficient (Wildman–Crippen LogP) is 2.49. The Morgan fingerprint density at radius 2 is 1.51 bits per heavy atom. The van der Waals surface area contributed by atoms with E-state index in [0.717, 1.165) is 11.1 Å². The highest BCUT2D eigenvalue weighted by Gasteiger charge is 2.22. The average Bonchev–Trinajstić information content (AvgIpc) is 2.77. The summed E-state index contributed by atoms with van der Waals surface area (Å²) in [5.41, 5.74) is 9.23. The maximum Gasteiger partial charge on any atom is 0.428 e. The largest absolute Gasteiger partial charge is 0.508 e. The van der Waals surface area contributed by atoms with Crippen LogP contribution in [0.25, 0.3) is 0 Å². The number of rotatable bonds is 8. The third-order valence-electron chi connectivity index (χ3n) is 4.34. The minimum Gasteiger partial charge on any atom is -0.508 e. The van der Waals surface area contributed by atoms with E-state index in [1.165, 1.54) is 19.0 Å². The van der Waals surface area contributed by atoms with Crippen molar-refractivity contribution in [3.63, 3.8) is 0 Å². The number of nitrogens with zero attached hydrogens (tertiary/aromatic N) is 1. The van der Waals surface area contributed by atoms with Crippen molar-refractivity contribution in [2.45, 2.75) is 51.3 Å². The zero-order chi connectivity index (χ0) is 26.6.